The van der Waals surface area contributed by atoms with Crippen LogP contribution in [0.25, 0.3) is 0 Å². The van der Waals surface area contributed by atoms with E-state index in [1.807, 2.05) is 13.0 Å². The maximum absolute atomic E-state index is 13.9. The highest BCUT2D eigenvalue weighted by Gasteiger charge is 2.21. The maximum atomic E-state index is 13.9. The van der Waals surface area contributed by atoms with Crippen molar-refractivity contribution >= 4 is 11.5 Å². The quantitative estimate of drug-likeness (QED) is 0.893. The first-order chi connectivity index (χ1) is 8.00. The third-order valence-corrected chi connectivity index (χ3v) is 3.57. The first-order valence-electron chi connectivity index (χ1n) is 5.24. The summed E-state index contributed by atoms with van der Waals surface area (Å²) in [4.78, 5) is 0.593. The van der Waals surface area contributed by atoms with Gasteiger partial charge in [-0.15, -0.1) is 5.10 Å². The highest BCUT2D eigenvalue weighted by atomic mass is 32.1. The predicted octanol–water partition coefficient (Wildman–Crippen LogP) is 2.68. The molecule has 0 saturated carbocycles. The van der Waals surface area contributed by atoms with Gasteiger partial charge in [0.1, 0.15) is 11.9 Å². The highest BCUT2D eigenvalue weighted by Crippen LogP contribution is 2.31. The van der Waals surface area contributed by atoms with Gasteiger partial charge < -0.3 is 5.11 Å². The van der Waals surface area contributed by atoms with Crippen LogP contribution < -0.4 is 0 Å². The standard InChI is InChI=1S/C12H13FN2OS/c1-6-4-7(2)10(9(13)5-6)11(16)12-8(3)14-15-17-12/h4-5,11,16H,1-3H3. The van der Waals surface area contributed by atoms with Gasteiger partial charge in [-0.2, -0.15) is 0 Å². The molecular formula is C12H13FN2OS. The molecule has 1 N–H and O–H groups in total. The van der Waals surface area contributed by atoms with E-state index in [0.29, 0.717) is 16.1 Å². The topological polar surface area (TPSA) is 46.0 Å². The summed E-state index contributed by atoms with van der Waals surface area (Å²) in [7, 11) is 0. The molecule has 17 heavy (non-hydrogen) atoms. The Morgan fingerprint density at radius 3 is 2.53 bits per heavy atom. The lowest BCUT2D eigenvalue weighted by Crippen LogP contribution is -2.05. The minimum absolute atomic E-state index is 0.310. The lowest BCUT2D eigenvalue weighted by molar-refractivity contribution is 0.217. The Morgan fingerprint density at radius 2 is 2.00 bits per heavy atom. The van der Waals surface area contributed by atoms with Gasteiger partial charge in [-0.3, -0.25) is 0 Å². The molecule has 0 aliphatic rings. The van der Waals surface area contributed by atoms with Crippen LogP contribution in [0.5, 0.6) is 0 Å². The molecule has 0 aliphatic carbocycles. The lowest BCUT2D eigenvalue weighted by atomic mass is 9.99. The summed E-state index contributed by atoms with van der Waals surface area (Å²) in [5, 5.41) is 14.0. The first-order valence-corrected chi connectivity index (χ1v) is 6.01. The summed E-state index contributed by atoms with van der Waals surface area (Å²) >= 11 is 1.10. The molecule has 1 atom stereocenters. The van der Waals surface area contributed by atoms with Gasteiger partial charge in [0.2, 0.25) is 0 Å². The molecule has 0 fully saturated rings. The van der Waals surface area contributed by atoms with Gasteiger partial charge in [-0.25, -0.2) is 4.39 Å². The van der Waals surface area contributed by atoms with Gasteiger partial charge in [-0.1, -0.05) is 10.6 Å². The molecule has 0 amide bonds. The molecule has 0 aliphatic heterocycles. The summed E-state index contributed by atoms with van der Waals surface area (Å²) in [6, 6.07) is 3.28. The molecular weight excluding hydrogens is 239 g/mol. The SMILES string of the molecule is Cc1cc(C)c(C(O)c2snnc2C)c(F)c1. The van der Waals surface area contributed by atoms with E-state index in [1.54, 1.807) is 13.8 Å². The van der Waals surface area contributed by atoms with Crippen molar-refractivity contribution in [3.63, 3.8) is 0 Å². The molecule has 5 heteroatoms. The Labute approximate surface area is 103 Å². The molecule has 0 saturated heterocycles. The molecule has 0 spiro atoms. The van der Waals surface area contributed by atoms with Crippen LogP contribution in [0.2, 0.25) is 0 Å². The largest absolute Gasteiger partial charge is 0.383 e. The number of hydrogen-bond acceptors (Lipinski definition) is 4. The maximum Gasteiger partial charge on any atom is 0.129 e. The van der Waals surface area contributed by atoms with E-state index in [0.717, 1.165) is 22.7 Å². The van der Waals surface area contributed by atoms with Crippen molar-refractivity contribution in [1.29, 1.82) is 0 Å². The number of aromatic nitrogens is 2. The Bertz CT molecular complexity index is 530. The predicted molar refractivity (Wildman–Crippen MR) is 64.6 cm³/mol. The normalized spacial score (nSPS) is 12.8. The molecule has 1 aromatic heterocycles. The summed E-state index contributed by atoms with van der Waals surface area (Å²) in [5.74, 6) is -0.386. The lowest BCUT2D eigenvalue weighted by Gasteiger charge is -2.14. The minimum Gasteiger partial charge on any atom is -0.383 e. The van der Waals surface area contributed by atoms with Gasteiger partial charge in [0.15, 0.2) is 0 Å². The second-order valence-electron chi connectivity index (χ2n) is 4.10. The van der Waals surface area contributed by atoms with Crippen LogP contribution in [0.1, 0.15) is 33.4 Å². The molecule has 0 bridgehead atoms. The van der Waals surface area contributed by atoms with Crippen molar-refractivity contribution in [2.75, 3.05) is 0 Å². The van der Waals surface area contributed by atoms with E-state index in [2.05, 4.69) is 9.59 Å². The van der Waals surface area contributed by atoms with Gasteiger partial charge in [0, 0.05) is 5.56 Å². The second kappa shape index (κ2) is 4.50. The molecule has 0 radical (unpaired) electrons. The fraction of sp³-hybridized carbons (Fsp3) is 0.333. The van der Waals surface area contributed by atoms with E-state index < -0.39 is 6.10 Å². The van der Waals surface area contributed by atoms with Gasteiger partial charge in [0.25, 0.3) is 0 Å². The Hall–Kier alpha value is -1.33. The highest BCUT2D eigenvalue weighted by molar-refractivity contribution is 7.05. The summed E-state index contributed by atoms with van der Waals surface area (Å²) in [5.41, 5.74) is 2.53. The van der Waals surface area contributed by atoms with Crippen LogP contribution in [-0.2, 0) is 0 Å². The number of halogens is 1. The second-order valence-corrected chi connectivity index (χ2v) is 4.89. The van der Waals surface area contributed by atoms with Crippen LogP contribution >= 0.6 is 11.5 Å². The number of nitrogens with zero attached hydrogens (tertiary/aromatic N) is 2. The molecule has 1 unspecified atom stereocenters. The van der Waals surface area contributed by atoms with Crippen molar-refractivity contribution in [2.45, 2.75) is 26.9 Å². The van der Waals surface area contributed by atoms with Crippen molar-refractivity contribution < 1.29 is 9.50 Å². The van der Waals surface area contributed by atoms with Crippen molar-refractivity contribution in [3.05, 3.63) is 45.2 Å². The van der Waals surface area contributed by atoms with Crippen LogP contribution in [-0.4, -0.2) is 14.7 Å². The average Bonchev–Trinajstić information content (AvgIpc) is 2.62. The smallest absolute Gasteiger partial charge is 0.129 e. The Kier molecular flexibility index (Phi) is 3.22. The number of hydrogen-bond donors (Lipinski definition) is 1. The van der Waals surface area contributed by atoms with Crippen molar-refractivity contribution in [3.8, 4) is 0 Å². The van der Waals surface area contributed by atoms with Crippen molar-refractivity contribution in [1.82, 2.24) is 9.59 Å². The van der Waals surface area contributed by atoms with Crippen LogP contribution in [0.15, 0.2) is 12.1 Å². The van der Waals surface area contributed by atoms with Crippen LogP contribution in [0.4, 0.5) is 4.39 Å². The summed E-state index contributed by atoms with van der Waals surface area (Å²) in [6.45, 7) is 5.37. The average molecular weight is 252 g/mol. The zero-order chi connectivity index (χ0) is 12.6. The molecule has 3 nitrogen and oxygen atoms in total. The Morgan fingerprint density at radius 1 is 1.29 bits per heavy atom. The first kappa shape index (κ1) is 12.1. The number of aliphatic hydroxyl groups is 1. The molecule has 2 aromatic rings. The van der Waals surface area contributed by atoms with Crippen LogP contribution in [0, 0.1) is 26.6 Å². The summed E-state index contributed by atoms with van der Waals surface area (Å²) in [6.07, 6.45) is -0.990. The number of aliphatic hydroxyl groups excluding tert-OH is 1. The number of benzene rings is 1. The third-order valence-electron chi connectivity index (χ3n) is 2.69. The zero-order valence-electron chi connectivity index (χ0n) is 9.86. The van der Waals surface area contributed by atoms with Gasteiger partial charge >= 0.3 is 0 Å². The van der Waals surface area contributed by atoms with Crippen LogP contribution in [0.3, 0.4) is 0 Å². The van der Waals surface area contributed by atoms with Crippen molar-refractivity contribution in [2.24, 2.45) is 0 Å². The zero-order valence-corrected chi connectivity index (χ0v) is 10.7. The number of aryl methyl sites for hydroxylation is 3. The third kappa shape index (κ3) is 2.21. The molecule has 90 valence electrons. The van der Waals surface area contributed by atoms with E-state index in [4.69, 9.17) is 0 Å². The number of rotatable bonds is 2. The summed E-state index contributed by atoms with van der Waals surface area (Å²) < 4.78 is 17.6. The van der Waals surface area contributed by atoms with E-state index in [9.17, 15) is 9.50 Å². The Balaban J connectivity index is 2.51. The molecule has 1 heterocycles. The molecule has 2 rings (SSSR count). The minimum atomic E-state index is -0.990. The van der Waals surface area contributed by atoms with E-state index in [1.165, 1.54) is 6.07 Å². The fourth-order valence-corrected chi connectivity index (χ4v) is 2.53. The fourth-order valence-electron chi connectivity index (χ4n) is 1.89. The van der Waals surface area contributed by atoms with E-state index in [-0.39, 0.29) is 5.82 Å². The monoisotopic (exact) mass is 252 g/mol. The van der Waals surface area contributed by atoms with E-state index >= 15 is 0 Å². The van der Waals surface area contributed by atoms with Gasteiger partial charge in [-0.05, 0) is 49.5 Å². The van der Waals surface area contributed by atoms with Gasteiger partial charge in [0.05, 0.1) is 10.6 Å². The molecule has 1 aromatic carbocycles.